The van der Waals surface area contributed by atoms with Gasteiger partial charge in [0.2, 0.25) is 0 Å². The first-order valence-corrected chi connectivity index (χ1v) is 9.54. The smallest absolute Gasteiger partial charge is 0.126 e. The van der Waals surface area contributed by atoms with Gasteiger partial charge in [0.1, 0.15) is 11.6 Å². The highest BCUT2D eigenvalue weighted by Crippen LogP contribution is 2.26. The maximum Gasteiger partial charge on any atom is 0.126 e. The van der Waals surface area contributed by atoms with E-state index in [1.54, 1.807) is 10.9 Å². The molecule has 2 aromatic heterocycles. The second kappa shape index (κ2) is 8.46. The lowest BCUT2D eigenvalue weighted by molar-refractivity contribution is 0.269. The number of aromatic amines is 1. The van der Waals surface area contributed by atoms with Gasteiger partial charge in [-0.3, -0.25) is 9.78 Å². The number of anilines is 1. The molecule has 0 unspecified atom stereocenters. The molecule has 154 valence electrons. The van der Waals surface area contributed by atoms with Gasteiger partial charge in [0.15, 0.2) is 0 Å². The number of H-pyrrole nitrogens is 1. The van der Waals surface area contributed by atoms with Crippen LogP contribution in [0.15, 0.2) is 48.8 Å². The normalized spacial score (nSPS) is 12.7. The minimum absolute atomic E-state index is 0.0330. The molecule has 2 aromatic carbocycles. The zero-order valence-electron chi connectivity index (χ0n) is 16.3. The van der Waals surface area contributed by atoms with E-state index in [-0.39, 0.29) is 12.6 Å². The second-order valence-corrected chi connectivity index (χ2v) is 7.03. The molecule has 2 heterocycles. The molecule has 0 saturated carbocycles. The Bertz CT molecular complexity index is 1180. The Morgan fingerprint density at radius 1 is 1.17 bits per heavy atom. The number of aliphatic hydroxyl groups is 1. The van der Waals surface area contributed by atoms with Gasteiger partial charge in [0, 0.05) is 34.9 Å². The van der Waals surface area contributed by atoms with Gasteiger partial charge in [0.05, 0.1) is 30.6 Å². The Labute approximate surface area is 171 Å². The van der Waals surface area contributed by atoms with Crippen LogP contribution in [0.5, 0.6) is 0 Å². The molecule has 0 aliphatic heterocycles. The molecule has 0 aliphatic rings. The van der Waals surface area contributed by atoms with Crippen LogP contribution in [0.25, 0.3) is 23.1 Å². The Balaban J connectivity index is 1.55. The highest BCUT2D eigenvalue weighted by Gasteiger charge is 2.10. The molecule has 8 heteroatoms. The summed E-state index contributed by atoms with van der Waals surface area (Å²) in [6.07, 6.45) is 7.34. The van der Waals surface area contributed by atoms with E-state index in [1.807, 2.05) is 43.5 Å². The van der Waals surface area contributed by atoms with Crippen molar-refractivity contribution >= 4 is 28.7 Å². The van der Waals surface area contributed by atoms with Crippen molar-refractivity contribution < 1.29 is 13.9 Å². The van der Waals surface area contributed by atoms with Crippen LogP contribution in [0.2, 0.25) is 0 Å². The third-order valence-electron chi connectivity index (χ3n) is 4.78. The first kappa shape index (κ1) is 19.8. The predicted molar refractivity (Wildman–Crippen MR) is 113 cm³/mol. The van der Waals surface area contributed by atoms with Crippen LogP contribution in [0, 0.1) is 11.6 Å². The second-order valence-electron chi connectivity index (χ2n) is 7.03. The van der Waals surface area contributed by atoms with Crippen LogP contribution in [0.1, 0.15) is 29.8 Å². The third-order valence-corrected chi connectivity index (χ3v) is 4.78. The minimum atomic E-state index is -0.598. The van der Waals surface area contributed by atoms with Crippen LogP contribution in [0.4, 0.5) is 14.5 Å². The number of benzene rings is 2. The summed E-state index contributed by atoms with van der Waals surface area (Å²) in [5.74, 6) is -1.20. The average Bonchev–Trinajstić information content (AvgIpc) is 3.32. The molecule has 4 aromatic rings. The monoisotopic (exact) mass is 409 g/mol. The fourth-order valence-corrected chi connectivity index (χ4v) is 3.28. The number of aliphatic hydroxyl groups excluding tert-OH is 1. The van der Waals surface area contributed by atoms with Crippen LogP contribution >= 0.6 is 0 Å². The lowest BCUT2D eigenvalue weighted by atomic mass is 10.1. The van der Waals surface area contributed by atoms with E-state index >= 15 is 0 Å². The Morgan fingerprint density at radius 2 is 1.97 bits per heavy atom. The summed E-state index contributed by atoms with van der Waals surface area (Å²) in [7, 11) is 0. The fraction of sp³-hybridized carbons (Fsp3) is 0.182. The van der Waals surface area contributed by atoms with Gasteiger partial charge in [-0.2, -0.15) is 10.2 Å². The molecule has 0 spiro atoms. The molecule has 0 saturated heterocycles. The van der Waals surface area contributed by atoms with Crippen LogP contribution in [-0.2, 0) is 6.54 Å². The molecule has 1 atom stereocenters. The number of nitrogens with one attached hydrogen (secondary N) is 2. The molecule has 6 nitrogen and oxygen atoms in total. The highest BCUT2D eigenvalue weighted by molar-refractivity contribution is 5.91. The highest BCUT2D eigenvalue weighted by atomic mass is 19.1. The first-order valence-electron chi connectivity index (χ1n) is 9.54. The largest absolute Gasteiger partial charge is 0.394 e. The van der Waals surface area contributed by atoms with Crippen molar-refractivity contribution in [1.29, 1.82) is 0 Å². The van der Waals surface area contributed by atoms with E-state index in [9.17, 15) is 8.78 Å². The number of nitrogens with zero attached hydrogens (tertiary/aromatic N) is 3. The quantitative estimate of drug-likeness (QED) is 0.423. The van der Waals surface area contributed by atoms with E-state index < -0.39 is 11.6 Å². The summed E-state index contributed by atoms with van der Waals surface area (Å²) < 4.78 is 28.7. The van der Waals surface area contributed by atoms with Crippen molar-refractivity contribution in [3.8, 4) is 0 Å². The minimum Gasteiger partial charge on any atom is -0.394 e. The van der Waals surface area contributed by atoms with Crippen molar-refractivity contribution in [2.45, 2.75) is 19.5 Å². The molecule has 0 radical (unpaired) electrons. The summed E-state index contributed by atoms with van der Waals surface area (Å²) >= 11 is 0. The van der Waals surface area contributed by atoms with E-state index in [4.69, 9.17) is 5.11 Å². The number of hydrogen-bond acceptors (Lipinski definition) is 4. The number of rotatable bonds is 7. The van der Waals surface area contributed by atoms with E-state index in [2.05, 4.69) is 20.6 Å². The summed E-state index contributed by atoms with van der Waals surface area (Å²) in [5.41, 5.74) is 3.87. The SMILES string of the molecule is C[C@@H](Nc1ccc2[nH]nc(/C=C/c3cnn(CCO)c3)c2c1)c1cc(F)cc(F)c1. The van der Waals surface area contributed by atoms with Gasteiger partial charge in [-0.15, -0.1) is 0 Å². The van der Waals surface area contributed by atoms with Crippen LogP contribution < -0.4 is 5.32 Å². The molecule has 0 aliphatic carbocycles. The molecule has 0 amide bonds. The van der Waals surface area contributed by atoms with Crippen molar-refractivity contribution in [2.24, 2.45) is 0 Å². The first-order chi connectivity index (χ1) is 14.5. The third kappa shape index (κ3) is 4.38. The Kier molecular flexibility index (Phi) is 5.58. The van der Waals surface area contributed by atoms with Crippen molar-refractivity contribution in [1.82, 2.24) is 20.0 Å². The van der Waals surface area contributed by atoms with Crippen LogP contribution in [0.3, 0.4) is 0 Å². The van der Waals surface area contributed by atoms with Crippen molar-refractivity contribution in [3.05, 3.63) is 77.2 Å². The number of fused-ring (bicyclic) bond motifs is 1. The van der Waals surface area contributed by atoms with Gasteiger partial charge in [-0.25, -0.2) is 8.78 Å². The van der Waals surface area contributed by atoms with Crippen LogP contribution in [-0.4, -0.2) is 31.7 Å². The molecule has 0 fully saturated rings. The van der Waals surface area contributed by atoms with Gasteiger partial charge in [-0.1, -0.05) is 0 Å². The maximum atomic E-state index is 13.5. The molecule has 4 rings (SSSR count). The average molecular weight is 409 g/mol. The number of aromatic nitrogens is 4. The molecule has 0 bridgehead atoms. The van der Waals surface area contributed by atoms with Gasteiger partial charge < -0.3 is 10.4 Å². The zero-order valence-corrected chi connectivity index (χ0v) is 16.3. The summed E-state index contributed by atoms with van der Waals surface area (Å²) in [6.45, 7) is 2.32. The summed E-state index contributed by atoms with van der Waals surface area (Å²) in [5, 5.41) is 24.7. The van der Waals surface area contributed by atoms with E-state index in [0.29, 0.717) is 12.1 Å². The van der Waals surface area contributed by atoms with Gasteiger partial charge >= 0.3 is 0 Å². The standard InChI is InChI=1S/C22H21F2N5O/c1-14(16-8-17(23)10-18(24)9-16)26-19-3-5-22-20(11-19)21(27-28-22)4-2-15-12-25-29(13-15)6-7-30/h2-5,8-14,26,30H,6-7H2,1H3,(H,27,28)/b4-2+/t14-/m1/s1. The van der Waals surface area contributed by atoms with Gasteiger partial charge in [-0.05, 0) is 55.0 Å². The maximum absolute atomic E-state index is 13.5. The molecular weight excluding hydrogens is 388 g/mol. The van der Waals surface area contributed by atoms with Crippen molar-refractivity contribution in [3.63, 3.8) is 0 Å². The molecular formula is C22H21F2N5O. The Hall–Kier alpha value is -3.52. The summed E-state index contributed by atoms with van der Waals surface area (Å²) in [6, 6.07) is 8.96. The van der Waals surface area contributed by atoms with Crippen molar-refractivity contribution in [2.75, 3.05) is 11.9 Å². The number of hydrogen-bond donors (Lipinski definition) is 3. The summed E-state index contributed by atoms with van der Waals surface area (Å²) in [4.78, 5) is 0. The van der Waals surface area contributed by atoms with E-state index in [1.165, 1.54) is 12.1 Å². The zero-order chi connectivity index (χ0) is 21.1. The van der Waals surface area contributed by atoms with Gasteiger partial charge in [0.25, 0.3) is 0 Å². The predicted octanol–water partition coefficient (Wildman–Crippen LogP) is 4.37. The van der Waals surface area contributed by atoms with E-state index in [0.717, 1.165) is 33.9 Å². The molecule has 3 N–H and O–H groups in total. The lowest BCUT2D eigenvalue weighted by Gasteiger charge is -2.16. The topological polar surface area (TPSA) is 78.8 Å². The number of halogens is 2. The fourth-order valence-electron chi connectivity index (χ4n) is 3.28. The Morgan fingerprint density at radius 3 is 2.73 bits per heavy atom. The lowest BCUT2D eigenvalue weighted by Crippen LogP contribution is -2.07. The molecule has 30 heavy (non-hydrogen) atoms.